The number of nitrogens with zero attached hydrogens (tertiary/aromatic N) is 1. The molecule has 4 heteroatoms. The van der Waals surface area contributed by atoms with E-state index >= 15 is 0 Å². The van der Waals surface area contributed by atoms with Gasteiger partial charge in [-0.05, 0) is 31.5 Å². The molecule has 0 heterocycles. The van der Waals surface area contributed by atoms with Crippen LogP contribution in [-0.4, -0.2) is 39.5 Å². The molecule has 2 N–H and O–H groups in total. The SMILES string of the molecule is CCOCCN(CCOCC)c1ccc(CN)cc1. The lowest BCUT2D eigenvalue weighted by molar-refractivity contribution is 0.141. The lowest BCUT2D eigenvalue weighted by Gasteiger charge is -2.24. The largest absolute Gasteiger partial charge is 0.380 e. The Morgan fingerprint density at radius 3 is 1.89 bits per heavy atom. The molecule has 0 fully saturated rings. The van der Waals surface area contributed by atoms with Gasteiger partial charge >= 0.3 is 0 Å². The van der Waals surface area contributed by atoms with Gasteiger partial charge in [0.05, 0.1) is 13.2 Å². The third kappa shape index (κ3) is 6.05. The van der Waals surface area contributed by atoms with Gasteiger partial charge in [-0.1, -0.05) is 12.1 Å². The third-order valence-corrected chi connectivity index (χ3v) is 2.96. The van der Waals surface area contributed by atoms with Crippen molar-refractivity contribution in [3.8, 4) is 0 Å². The molecule has 0 aromatic heterocycles. The van der Waals surface area contributed by atoms with Crippen LogP contribution in [0.2, 0.25) is 0 Å². The number of hydrogen-bond acceptors (Lipinski definition) is 4. The molecular weight excluding hydrogens is 240 g/mol. The Hall–Kier alpha value is -1.10. The van der Waals surface area contributed by atoms with Gasteiger partial charge in [-0.25, -0.2) is 0 Å². The van der Waals surface area contributed by atoms with E-state index in [1.165, 1.54) is 5.69 Å². The summed E-state index contributed by atoms with van der Waals surface area (Å²) < 4.78 is 10.9. The summed E-state index contributed by atoms with van der Waals surface area (Å²) in [5, 5.41) is 0. The second kappa shape index (κ2) is 9.78. The van der Waals surface area contributed by atoms with Crippen LogP contribution in [0.1, 0.15) is 19.4 Å². The van der Waals surface area contributed by atoms with Gasteiger partial charge in [-0.3, -0.25) is 0 Å². The minimum absolute atomic E-state index is 0.582. The van der Waals surface area contributed by atoms with Crippen molar-refractivity contribution in [3.63, 3.8) is 0 Å². The predicted molar refractivity (Wildman–Crippen MR) is 79.5 cm³/mol. The molecule has 0 atom stereocenters. The summed E-state index contributed by atoms with van der Waals surface area (Å²) in [6.07, 6.45) is 0. The summed E-state index contributed by atoms with van der Waals surface area (Å²) in [6.45, 7) is 9.35. The minimum Gasteiger partial charge on any atom is -0.380 e. The zero-order valence-electron chi connectivity index (χ0n) is 12.1. The van der Waals surface area contributed by atoms with E-state index in [-0.39, 0.29) is 0 Å². The molecular formula is C15H26N2O2. The number of benzene rings is 1. The second-order valence-electron chi connectivity index (χ2n) is 4.25. The Morgan fingerprint density at radius 2 is 1.47 bits per heavy atom. The summed E-state index contributed by atoms with van der Waals surface area (Å²) in [5.74, 6) is 0. The van der Waals surface area contributed by atoms with Crippen LogP contribution in [-0.2, 0) is 16.0 Å². The molecule has 0 saturated carbocycles. The van der Waals surface area contributed by atoms with E-state index < -0.39 is 0 Å². The standard InChI is InChI=1S/C15H26N2O2/c1-3-18-11-9-17(10-12-19-4-2)15-7-5-14(13-16)6-8-15/h5-8H,3-4,9-13,16H2,1-2H3. The molecule has 0 aliphatic heterocycles. The number of rotatable bonds is 10. The van der Waals surface area contributed by atoms with E-state index in [1.807, 2.05) is 13.8 Å². The Morgan fingerprint density at radius 1 is 0.947 bits per heavy atom. The normalized spacial score (nSPS) is 10.7. The molecule has 108 valence electrons. The van der Waals surface area contributed by atoms with Crippen LogP contribution in [0.4, 0.5) is 5.69 Å². The van der Waals surface area contributed by atoms with Crippen molar-refractivity contribution in [1.82, 2.24) is 0 Å². The highest BCUT2D eigenvalue weighted by Crippen LogP contribution is 2.15. The van der Waals surface area contributed by atoms with Gasteiger partial charge in [0.1, 0.15) is 0 Å². The molecule has 0 aliphatic carbocycles. The average Bonchev–Trinajstić information content (AvgIpc) is 2.46. The van der Waals surface area contributed by atoms with E-state index in [2.05, 4.69) is 29.2 Å². The first-order valence-electron chi connectivity index (χ1n) is 7.01. The lowest BCUT2D eigenvalue weighted by Crippen LogP contribution is -2.31. The molecule has 0 bridgehead atoms. The molecule has 1 aromatic rings. The van der Waals surface area contributed by atoms with Crippen molar-refractivity contribution < 1.29 is 9.47 Å². The van der Waals surface area contributed by atoms with Gasteiger partial charge in [0.25, 0.3) is 0 Å². The maximum atomic E-state index is 5.62. The van der Waals surface area contributed by atoms with Gasteiger partial charge in [-0.2, -0.15) is 0 Å². The summed E-state index contributed by atoms with van der Waals surface area (Å²) in [5.41, 5.74) is 7.96. The fourth-order valence-electron chi connectivity index (χ4n) is 1.85. The fraction of sp³-hybridized carbons (Fsp3) is 0.600. The van der Waals surface area contributed by atoms with Crippen LogP contribution in [0.15, 0.2) is 24.3 Å². The topological polar surface area (TPSA) is 47.7 Å². The van der Waals surface area contributed by atoms with E-state index in [1.54, 1.807) is 0 Å². The van der Waals surface area contributed by atoms with Crippen LogP contribution in [0.25, 0.3) is 0 Å². The highest BCUT2D eigenvalue weighted by molar-refractivity contribution is 5.47. The zero-order chi connectivity index (χ0) is 13.9. The van der Waals surface area contributed by atoms with Gasteiger partial charge in [0.15, 0.2) is 0 Å². The van der Waals surface area contributed by atoms with Crippen LogP contribution < -0.4 is 10.6 Å². The Bertz CT molecular complexity index is 317. The summed E-state index contributed by atoms with van der Waals surface area (Å²) in [6, 6.07) is 8.37. The maximum Gasteiger partial charge on any atom is 0.0641 e. The number of anilines is 1. The van der Waals surface area contributed by atoms with Gasteiger partial charge in [-0.15, -0.1) is 0 Å². The Kier molecular flexibility index (Phi) is 8.21. The first kappa shape index (κ1) is 16.0. The monoisotopic (exact) mass is 266 g/mol. The van der Waals surface area contributed by atoms with E-state index in [0.29, 0.717) is 6.54 Å². The smallest absolute Gasteiger partial charge is 0.0641 e. The second-order valence-corrected chi connectivity index (χ2v) is 4.25. The zero-order valence-corrected chi connectivity index (χ0v) is 12.1. The maximum absolute atomic E-state index is 5.62. The van der Waals surface area contributed by atoms with Crippen LogP contribution in [0.5, 0.6) is 0 Å². The molecule has 0 unspecified atom stereocenters. The Balaban J connectivity index is 2.58. The summed E-state index contributed by atoms with van der Waals surface area (Å²) in [4.78, 5) is 2.28. The van der Waals surface area contributed by atoms with E-state index in [9.17, 15) is 0 Å². The average molecular weight is 266 g/mol. The predicted octanol–water partition coefficient (Wildman–Crippen LogP) is 2.02. The van der Waals surface area contributed by atoms with Gasteiger partial charge < -0.3 is 20.1 Å². The highest BCUT2D eigenvalue weighted by Gasteiger charge is 2.06. The number of nitrogens with two attached hydrogens (primary N) is 1. The first-order chi connectivity index (χ1) is 9.31. The number of ether oxygens (including phenoxy) is 2. The summed E-state index contributed by atoms with van der Waals surface area (Å²) >= 11 is 0. The minimum atomic E-state index is 0.582. The van der Waals surface area contributed by atoms with E-state index in [0.717, 1.165) is 45.1 Å². The van der Waals surface area contributed by atoms with Crippen LogP contribution >= 0.6 is 0 Å². The quantitative estimate of drug-likeness (QED) is 0.658. The molecule has 4 nitrogen and oxygen atoms in total. The van der Waals surface area contributed by atoms with Gasteiger partial charge in [0.2, 0.25) is 0 Å². The first-order valence-corrected chi connectivity index (χ1v) is 7.01. The molecule has 0 saturated heterocycles. The molecule has 0 radical (unpaired) electrons. The van der Waals surface area contributed by atoms with Gasteiger partial charge in [0, 0.05) is 38.5 Å². The van der Waals surface area contributed by atoms with Crippen LogP contribution in [0.3, 0.4) is 0 Å². The van der Waals surface area contributed by atoms with Crippen LogP contribution in [0, 0.1) is 0 Å². The molecule has 1 rings (SSSR count). The van der Waals surface area contributed by atoms with Crippen molar-refractivity contribution >= 4 is 5.69 Å². The Labute approximate surface area is 116 Å². The molecule has 0 spiro atoms. The van der Waals surface area contributed by atoms with Crippen molar-refractivity contribution in [2.24, 2.45) is 5.73 Å². The number of hydrogen-bond donors (Lipinski definition) is 1. The van der Waals surface area contributed by atoms with Crippen molar-refractivity contribution in [2.45, 2.75) is 20.4 Å². The molecule has 0 amide bonds. The van der Waals surface area contributed by atoms with Crippen molar-refractivity contribution in [1.29, 1.82) is 0 Å². The highest BCUT2D eigenvalue weighted by atomic mass is 16.5. The lowest BCUT2D eigenvalue weighted by atomic mass is 10.2. The summed E-state index contributed by atoms with van der Waals surface area (Å²) in [7, 11) is 0. The van der Waals surface area contributed by atoms with Crippen molar-refractivity contribution in [2.75, 3.05) is 44.4 Å². The fourth-order valence-corrected chi connectivity index (χ4v) is 1.85. The molecule has 1 aromatic carbocycles. The van der Waals surface area contributed by atoms with Crippen molar-refractivity contribution in [3.05, 3.63) is 29.8 Å². The van der Waals surface area contributed by atoms with E-state index in [4.69, 9.17) is 15.2 Å². The molecule has 0 aliphatic rings. The third-order valence-electron chi connectivity index (χ3n) is 2.96. The molecule has 19 heavy (non-hydrogen) atoms.